The van der Waals surface area contributed by atoms with Crippen LogP contribution >= 0.6 is 0 Å². The van der Waals surface area contributed by atoms with Gasteiger partial charge < -0.3 is 14.2 Å². The second-order valence-electron chi connectivity index (χ2n) is 4.84. The van der Waals surface area contributed by atoms with Crippen molar-refractivity contribution in [3.8, 4) is 11.5 Å². The number of hydrogen-bond donors (Lipinski definition) is 1. The Morgan fingerprint density at radius 2 is 1.83 bits per heavy atom. The van der Waals surface area contributed by atoms with Crippen LogP contribution in [0, 0.1) is 0 Å². The molecule has 23 heavy (non-hydrogen) atoms. The number of methoxy groups -OCH3 is 2. The third kappa shape index (κ3) is 5.64. The first-order chi connectivity index (χ1) is 11.3. The van der Waals surface area contributed by atoms with Crippen molar-refractivity contribution in [1.82, 2.24) is 0 Å². The predicted molar refractivity (Wildman–Crippen MR) is 92.6 cm³/mol. The maximum absolute atomic E-state index is 5.75. The van der Waals surface area contributed by atoms with Gasteiger partial charge in [-0.25, -0.2) is 0 Å². The molecular formula is C18H22N2O3. The zero-order valence-corrected chi connectivity index (χ0v) is 13.5. The van der Waals surface area contributed by atoms with Crippen LogP contribution in [-0.4, -0.2) is 33.6 Å². The van der Waals surface area contributed by atoms with Crippen molar-refractivity contribution in [2.45, 2.75) is 6.42 Å². The molecule has 0 aliphatic carbocycles. The summed E-state index contributed by atoms with van der Waals surface area (Å²) in [5, 5.41) is 4.23. The van der Waals surface area contributed by atoms with Gasteiger partial charge in [0.15, 0.2) is 11.5 Å². The number of nitrogens with one attached hydrogen (secondary N) is 1. The molecule has 0 unspecified atom stereocenters. The molecule has 0 aliphatic rings. The normalized spacial score (nSPS) is 10.7. The average molecular weight is 314 g/mol. The van der Waals surface area contributed by atoms with E-state index in [1.807, 2.05) is 48.5 Å². The molecule has 1 N–H and O–H groups in total. The van der Waals surface area contributed by atoms with E-state index in [1.54, 1.807) is 20.4 Å². The van der Waals surface area contributed by atoms with E-state index in [9.17, 15) is 0 Å². The largest absolute Gasteiger partial charge is 0.493 e. The lowest BCUT2D eigenvalue weighted by molar-refractivity contribution is 0.170. The number of para-hydroxylation sites is 1. The molecule has 0 spiro atoms. The van der Waals surface area contributed by atoms with E-state index >= 15 is 0 Å². The Morgan fingerprint density at radius 3 is 2.57 bits per heavy atom. The Morgan fingerprint density at radius 1 is 1.00 bits per heavy atom. The van der Waals surface area contributed by atoms with Gasteiger partial charge in [0.2, 0.25) is 0 Å². The zero-order valence-electron chi connectivity index (χ0n) is 13.5. The van der Waals surface area contributed by atoms with Gasteiger partial charge in [0.1, 0.15) is 0 Å². The van der Waals surface area contributed by atoms with Crippen LogP contribution in [0.2, 0.25) is 0 Å². The summed E-state index contributed by atoms with van der Waals surface area (Å²) in [5.41, 5.74) is 4.85. The Kier molecular flexibility index (Phi) is 6.94. The standard InChI is InChI=1S/C18H22N2O3/c1-21-11-6-12-23-18-13-15(9-10-17(18)22-2)14-19-20-16-7-4-3-5-8-16/h3-5,7-10,13-14,20H,6,11-12H2,1-2H3. The molecule has 5 heteroatoms. The summed E-state index contributed by atoms with van der Waals surface area (Å²) in [6.07, 6.45) is 2.57. The fraction of sp³-hybridized carbons (Fsp3) is 0.278. The van der Waals surface area contributed by atoms with Gasteiger partial charge in [-0.05, 0) is 35.9 Å². The van der Waals surface area contributed by atoms with Crippen molar-refractivity contribution in [1.29, 1.82) is 0 Å². The van der Waals surface area contributed by atoms with Crippen molar-refractivity contribution in [2.75, 3.05) is 32.9 Å². The molecule has 2 rings (SSSR count). The highest BCUT2D eigenvalue weighted by molar-refractivity contribution is 5.81. The molecule has 0 heterocycles. The summed E-state index contributed by atoms with van der Waals surface area (Å²) in [6.45, 7) is 1.25. The predicted octanol–water partition coefficient (Wildman–Crippen LogP) is 3.56. The summed E-state index contributed by atoms with van der Waals surface area (Å²) in [5.74, 6) is 1.41. The van der Waals surface area contributed by atoms with E-state index in [4.69, 9.17) is 14.2 Å². The van der Waals surface area contributed by atoms with Gasteiger partial charge in [-0.15, -0.1) is 0 Å². The number of ether oxygens (including phenoxy) is 3. The first kappa shape index (κ1) is 16.8. The second-order valence-corrected chi connectivity index (χ2v) is 4.84. The van der Waals surface area contributed by atoms with Crippen molar-refractivity contribution < 1.29 is 14.2 Å². The summed E-state index contributed by atoms with van der Waals surface area (Å²) >= 11 is 0. The van der Waals surface area contributed by atoms with Crippen LogP contribution in [0.4, 0.5) is 5.69 Å². The first-order valence-corrected chi connectivity index (χ1v) is 7.47. The highest BCUT2D eigenvalue weighted by Crippen LogP contribution is 2.27. The van der Waals surface area contributed by atoms with E-state index in [1.165, 1.54) is 0 Å². The fourth-order valence-electron chi connectivity index (χ4n) is 1.97. The van der Waals surface area contributed by atoms with E-state index in [2.05, 4.69) is 10.5 Å². The SMILES string of the molecule is COCCCOc1cc(C=NNc2ccccc2)ccc1OC. The van der Waals surface area contributed by atoms with E-state index < -0.39 is 0 Å². The maximum Gasteiger partial charge on any atom is 0.161 e. The van der Waals surface area contributed by atoms with Crippen LogP contribution in [0.5, 0.6) is 11.5 Å². The molecule has 0 bridgehead atoms. The number of hydrogen-bond acceptors (Lipinski definition) is 5. The Labute approximate surface area is 136 Å². The van der Waals surface area contributed by atoms with E-state index in [0.29, 0.717) is 24.7 Å². The average Bonchev–Trinajstić information content (AvgIpc) is 2.60. The Bertz CT molecular complexity index is 615. The lowest BCUT2D eigenvalue weighted by atomic mass is 10.2. The molecule has 0 radical (unpaired) electrons. The molecule has 0 saturated heterocycles. The summed E-state index contributed by atoms with van der Waals surface area (Å²) in [4.78, 5) is 0. The van der Waals surface area contributed by atoms with E-state index in [-0.39, 0.29) is 0 Å². The third-order valence-corrected chi connectivity index (χ3v) is 3.12. The molecular weight excluding hydrogens is 292 g/mol. The fourth-order valence-corrected chi connectivity index (χ4v) is 1.97. The van der Waals surface area contributed by atoms with Crippen molar-refractivity contribution >= 4 is 11.9 Å². The van der Waals surface area contributed by atoms with Gasteiger partial charge in [-0.3, -0.25) is 5.43 Å². The summed E-state index contributed by atoms with van der Waals surface area (Å²) in [6, 6.07) is 15.5. The second kappa shape index (κ2) is 9.48. The maximum atomic E-state index is 5.75. The number of rotatable bonds is 9. The lowest BCUT2D eigenvalue weighted by Crippen LogP contribution is -2.03. The number of nitrogens with zero attached hydrogens (tertiary/aromatic N) is 1. The highest BCUT2D eigenvalue weighted by atomic mass is 16.5. The van der Waals surface area contributed by atoms with Crippen molar-refractivity contribution in [3.63, 3.8) is 0 Å². The number of anilines is 1. The van der Waals surface area contributed by atoms with Crippen LogP contribution in [0.25, 0.3) is 0 Å². The minimum absolute atomic E-state index is 0.576. The van der Waals surface area contributed by atoms with Crippen LogP contribution in [0.15, 0.2) is 53.6 Å². The van der Waals surface area contributed by atoms with Crippen molar-refractivity contribution in [2.24, 2.45) is 5.10 Å². The lowest BCUT2D eigenvalue weighted by Gasteiger charge is -2.11. The Hall–Kier alpha value is -2.53. The number of hydrazone groups is 1. The van der Waals surface area contributed by atoms with Gasteiger partial charge in [-0.2, -0.15) is 5.10 Å². The minimum Gasteiger partial charge on any atom is -0.493 e. The molecule has 0 aromatic heterocycles. The van der Waals surface area contributed by atoms with Gasteiger partial charge >= 0.3 is 0 Å². The molecule has 0 aliphatic heterocycles. The topological polar surface area (TPSA) is 52.1 Å². The monoisotopic (exact) mass is 314 g/mol. The third-order valence-electron chi connectivity index (χ3n) is 3.12. The molecule has 0 saturated carbocycles. The van der Waals surface area contributed by atoms with Crippen LogP contribution in [0.3, 0.4) is 0 Å². The van der Waals surface area contributed by atoms with Crippen LogP contribution in [0.1, 0.15) is 12.0 Å². The van der Waals surface area contributed by atoms with Crippen LogP contribution < -0.4 is 14.9 Å². The molecule has 0 amide bonds. The van der Waals surface area contributed by atoms with Gasteiger partial charge in [0, 0.05) is 20.1 Å². The van der Waals surface area contributed by atoms with Crippen molar-refractivity contribution in [3.05, 3.63) is 54.1 Å². The Balaban J connectivity index is 1.98. The van der Waals surface area contributed by atoms with Gasteiger partial charge in [0.05, 0.1) is 25.6 Å². The van der Waals surface area contributed by atoms with Gasteiger partial charge in [0.25, 0.3) is 0 Å². The molecule has 5 nitrogen and oxygen atoms in total. The zero-order chi connectivity index (χ0) is 16.3. The molecule has 0 fully saturated rings. The summed E-state index contributed by atoms with van der Waals surface area (Å²) in [7, 11) is 3.31. The summed E-state index contributed by atoms with van der Waals surface area (Å²) < 4.78 is 16.1. The van der Waals surface area contributed by atoms with Crippen LogP contribution in [-0.2, 0) is 4.74 Å². The minimum atomic E-state index is 0.576. The van der Waals surface area contributed by atoms with Gasteiger partial charge in [-0.1, -0.05) is 18.2 Å². The van der Waals surface area contributed by atoms with E-state index in [0.717, 1.165) is 17.7 Å². The quantitative estimate of drug-likeness (QED) is 0.437. The number of benzene rings is 2. The smallest absolute Gasteiger partial charge is 0.161 e. The molecule has 2 aromatic rings. The first-order valence-electron chi connectivity index (χ1n) is 7.47. The molecule has 2 aromatic carbocycles. The highest BCUT2D eigenvalue weighted by Gasteiger charge is 2.05. The molecule has 0 atom stereocenters. The molecule has 122 valence electrons.